The number of halogens is 1. The van der Waals surface area contributed by atoms with E-state index in [1.807, 2.05) is 11.0 Å². The molecule has 5 heteroatoms. The van der Waals surface area contributed by atoms with Crippen LogP contribution in [-0.2, 0) is 4.79 Å². The number of amides is 1. The van der Waals surface area contributed by atoms with Crippen molar-refractivity contribution in [2.75, 3.05) is 20.2 Å². The maximum Gasteiger partial charge on any atom is 0.222 e. The molecule has 1 fully saturated rings. The lowest BCUT2D eigenvalue weighted by Crippen LogP contribution is -2.40. The van der Waals surface area contributed by atoms with Crippen LogP contribution in [0.5, 0.6) is 5.75 Å². The second-order valence-electron chi connectivity index (χ2n) is 5.63. The van der Waals surface area contributed by atoms with Crippen molar-refractivity contribution in [1.29, 1.82) is 0 Å². The summed E-state index contributed by atoms with van der Waals surface area (Å²) >= 11 is 3.51. The standard InChI is InChI=1S/C16H23BrN2O2/c1-11(10-19-8-4-5-16(19)20)18-12(2)13-6-7-15(21-3)14(17)9-13/h6-7,9,11-12,18H,4-5,8,10H2,1-3H3. The van der Waals surface area contributed by atoms with Crippen molar-refractivity contribution in [1.82, 2.24) is 10.2 Å². The van der Waals surface area contributed by atoms with Gasteiger partial charge in [-0.15, -0.1) is 0 Å². The Hall–Kier alpha value is -1.07. The Morgan fingerprint density at radius 3 is 2.76 bits per heavy atom. The van der Waals surface area contributed by atoms with Gasteiger partial charge in [0, 0.05) is 31.6 Å². The van der Waals surface area contributed by atoms with Crippen LogP contribution in [0.1, 0.15) is 38.3 Å². The van der Waals surface area contributed by atoms with Crippen molar-refractivity contribution in [3.05, 3.63) is 28.2 Å². The number of likely N-dealkylation sites (tertiary alicyclic amines) is 1. The number of ether oxygens (including phenoxy) is 1. The Kier molecular flexibility index (Phi) is 5.65. The lowest BCUT2D eigenvalue weighted by atomic mass is 10.1. The lowest BCUT2D eigenvalue weighted by molar-refractivity contribution is -0.127. The Bertz CT molecular complexity index is 507. The highest BCUT2D eigenvalue weighted by molar-refractivity contribution is 9.10. The summed E-state index contributed by atoms with van der Waals surface area (Å²) in [5, 5.41) is 3.55. The van der Waals surface area contributed by atoms with Gasteiger partial charge in [0.05, 0.1) is 11.6 Å². The van der Waals surface area contributed by atoms with Crippen molar-refractivity contribution < 1.29 is 9.53 Å². The fourth-order valence-electron chi connectivity index (χ4n) is 2.76. The van der Waals surface area contributed by atoms with Crippen molar-refractivity contribution >= 4 is 21.8 Å². The fourth-order valence-corrected chi connectivity index (χ4v) is 3.31. The average Bonchev–Trinajstić information content (AvgIpc) is 2.84. The molecule has 1 aliphatic rings. The second kappa shape index (κ2) is 7.27. The molecule has 21 heavy (non-hydrogen) atoms. The molecular weight excluding hydrogens is 332 g/mol. The number of nitrogens with zero attached hydrogens (tertiary/aromatic N) is 1. The molecule has 0 spiro atoms. The number of rotatable bonds is 6. The quantitative estimate of drug-likeness (QED) is 0.853. The molecule has 1 aromatic carbocycles. The van der Waals surface area contributed by atoms with E-state index in [2.05, 4.69) is 47.2 Å². The number of benzene rings is 1. The first-order valence-corrected chi connectivity index (χ1v) is 8.18. The molecular formula is C16H23BrN2O2. The molecule has 0 aliphatic carbocycles. The van der Waals surface area contributed by atoms with Gasteiger partial charge in [-0.2, -0.15) is 0 Å². The summed E-state index contributed by atoms with van der Waals surface area (Å²) < 4.78 is 6.21. The molecule has 1 aromatic rings. The predicted octanol–water partition coefficient (Wildman–Crippen LogP) is 3.12. The van der Waals surface area contributed by atoms with Crippen LogP contribution in [-0.4, -0.2) is 37.0 Å². The highest BCUT2D eigenvalue weighted by atomic mass is 79.9. The predicted molar refractivity (Wildman–Crippen MR) is 87.5 cm³/mol. The van der Waals surface area contributed by atoms with Gasteiger partial charge in [0.2, 0.25) is 5.91 Å². The molecule has 1 amide bonds. The number of hydrogen-bond acceptors (Lipinski definition) is 3. The Labute approximate surface area is 135 Å². The SMILES string of the molecule is COc1ccc(C(C)NC(C)CN2CCCC2=O)cc1Br. The van der Waals surface area contributed by atoms with Gasteiger partial charge in [-0.3, -0.25) is 4.79 Å². The minimum atomic E-state index is 0.222. The zero-order valence-corrected chi connectivity index (χ0v) is 14.4. The molecule has 1 N–H and O–H groups in total. The van der Waals surface area contributed by atoms with E-state index in [1.54, 1.807) is 7.11 Å². The minimum Gasteiger partial charge on any atom is -0.496 e. The largest absolute Gasteiger partial charge is 0.496 e. The van der Waals surface area contributed by atoms with Gasteiger partial charge >= 0.3 is 0 Å². The van der Waals surface area contributed by atoms with Crippen LogP contribution >= 0.6 is 15.9 Å². The first kappa shape index (κ1) is 16.3. The molecule has 0 radical (unpaired) electrons. The summed E-state index contributed by atoms with van der Waals surface area (Å²) in [6.07, 6.45) is 1.69. The third-order valence-corrected chi connectivity index (χ3v) is 4.50. The highest BCUT2D eigenvalue weighted by Crippen LogP contribution is 2.28. The first-order valence-electron chi connectivity index (χ1n) is 7.38. The molecule has 1 saturated heterocycles. The molecule has 1 heterocycles. The molecule has 0 saturated carbocycles. The number of carbonyl (C=O) groups is 1. The molecule has 1 aliphatic heterocycles. The van der Waals surface area contributed by atoms with Gasteiger partial charge in [0.15, 0.2) is 0 Å². The van der Waals surface area contributed by atoms with Crippen LogP contribution in [0.2, 0.25) is 0 Å². The molecule has 116 valence electrons. The van der Waals surface area contributed by atoms with Gasteiger partial charge in [-0.25, -0.2) is 0 Å². The van der Waals surface area contributed by atoms with Gasteiger partial charge in [0.1, 0.15) is 5.75 Å². The van der Waals surface area contributed by atoms with Crippen LogP contribution < -0.4 is 10.1 Å². The van der Waals surface area contributed by atoms with Crippen molar-refractivity contribution in [2.24, 2.45) is 0 Å². The summed E-state index contributed by atoms with van der Waals surface area (Å²) in [6, 6.07) is 6.59. The average molecular weight is 355 g/mol. The second-order valence-corrected chi connectivity index (χ2v) is 6.48. The maximum absolute atomic E-state index is 11.7. The minimum absolute atomic E-state index is 0.222. The number of hydrogen-bond donors (Lipinski definition) is 1. The summed E-state index contributed by atoms with van der Waals surface area (Å²) in [5.74, 6) is 1.12. The van der Waals surface area contributed by atoms with Gasteiger partial charge < -0.3 is 15.0 Å². The van der Waals surface area contributed by atoms with Gasteiger partial charge in [-0.05, 0) is 53.9 Å². The van der Waals surface area contributed by atoms with E-state index in [4.69, 9.17) is 4.74 Å². The van der Waals surface area contributed by atoms with Gasteiger partial charge in [-0.1, -0.05) is 6.07 Å². The first-order chi connectivity index (χ1) is 10.0. The van der Waals surface area contributed by atoms with Crippen LogP contribution in [0, 0.1) is 0 Å². The number of nitrogens with one attached hydrogen (secondary N) is 1. The van der Waals surface area contributed by atoms with E-state index in [-0.39, 0.29) is 18.0 Å². The Balaban J connectivity index is 1.92. The maximum atomic E-state index is 11.7. The molecule has 2 unspecified atom stereocenters. The highest BCUT2D eigenvalue weighted by Gasteiger charge is 2.22. The number of methoxy groups -OCH3 is 1. The summed E-state index contributed by atoms with van der Waals surface area (Å²) in [4.78, 5) is 13.6. The van der Waals surface area contributed by atoms with Crippen LogP contribution in [0.15, 0.2) is 22.7 Å². The van der Waals surface area contributed by atoms with E-state index in [1.165, 1.54) is 5.56 Å². The van der Waals surface area contributed by atoms with E-state index in [0.717, 1.165) is 29.7 Å². The van der Waals surface area contributed by atoms with Crippen molar-refractivity contribution in [2.45, 2.75) is 38.8 Å². The zero-order chi connectivity index (χ0) is 15.4. The topological polar surface area (TPSA) is 41.6 Å². The normalized spacial score (nSPS) is 17.9. The summed E-state index contributed by atoms with van der Waals surface area (Å²) in [6.45, 7) is 5.94. The van der Waals surface area contributed by atoms with E-state index >= 15 is 0 Å². The van der Waals surface area contributed by atoms with Crippen LogP contribution in [0.4, 0.5) is 0 Å². The lowest BCUT2D eigenvalue weighted by Gasteiger charge is -2.25. The molecule has 4 nitrogen and oxygen atoms in total. The van der Waals surface area contributed by atoms with Crippen molar-refractivity contribution in [3.8, 4) is 5.75 Å². The smallest absolute Gasteiger partial charge is 0.222 e. The van der Waals surface area contributed by atoms with E-state index < -0.39 is 0 Å². The van der Waals surface area contributed by atoms with Crippen LogP contribution in [0.25, 0.3) is 0 Å². The molecule has 2 atom stereocenters. The molecule has 2 rings (SSSR count). The Morgan fingerprint density at radius 1 is 1.43 bits per heavy atom. The van der Waals surface area contributed by atoms with E-state index in [9.17, 15) is 4.79 Å². The van der Waals surface area contributed by atoms with Crippen LogP contribution in [0.3, 0.4) is 0 Å². The summed E-state index contributed by atoms with van der Waals surface area (Å²) in [5.41, 5.74) is 1.20. The zero-order valence-electron chi connectivity index (χ0n) is 12.9. The number of carbonyl (C=O) groups excluding carboxylic acids is 1. The fraction of sp³-hybridized carbons (Fsp3) is 0.562. The van der Waals surface area contributed by atoms with E-state index in [0.29, 0.717) is 6.42 Å². The van der Waals surface area contributed by atoms with Gasteiger partial charge in [0.25, 0.3) is 0 Å². The third kappa shape index (κ3) is 4.20. The monoisotopic (exact) mass is 354 g/mol. The Morgan fingerprint density at radius 2 is 2.19 bits per heavy atom. The summed E-state index contributed by atoms with van der Waals surface area (Å²) in [7, 11) is 1.66. The van der Waals surface area contributed by atoms with Crippen molar-refractivity contribution in [3.63, 3.8) is 0 Å². The molecule has 0 bridgehead atoms. The molecule has 0 aromatic heterocycles. The third-order valence-electron chi connectivity index (χ3n) is 3.88.